The van der Waals surface area contributed by atoms with Crippen molar-refractivity contribution in [3.05, 3.63) is 65.7 Å². The van der Waals surface area contributed by atoms with Gasteiger partial charge in [0.25, 0.3) is 0 Å². The second kappa shape index (κ2) is 10.4. The molecule has 1 atom stereocenters. The van der Waals surface area contributed by atoms with Crippen LogP contribution in [0.5, 0.6) is 0 Å². The third-order valence-corrected chi connectivity index (χ3v) is 5.60. The molecular weight excluding hydrogens is 386 g/mol. The number of hydrogen-bond acceptors (Lipinski definition) is 4. The van der Waals surface area contributed by atoms with Crippen molar-refractivity contribution in [1.82, 2.24) is 9.62 Å². The van der Waals surface area contributed by atoms with E-state index < -0.39 is 10.0 Å². The molecule has 8 heteroatoms. The van der Waals surface area contributed by atoms with Crippen molar-refractivity contribution in [3.8, 4) is 0 Å². The molecule has 1 amide bonds. The van der Waals surface area contributed by atoms with Crippen molar-refractivity contribution in [2.75, 3.05) is 20.1 Å². The molecule has 0 aliphatic rings. The van der Waals surface area contributed by atoms with E-state index in [1.165, 1.54) is 4.90 Å². The van der Waals surface area contributed by atoms with E-state index in [4.69, 9.17) is 5.73 Å². The number of likely N-dealkylation sites (N-methyl/N-ethyl adjacent to an activating group) is 1. The van der Waals surface area contributed by atoms with Crippen LogP contribution in [0.15, 0.2) is 59.5 Å². The number of amides is 1. The molecule has 2 aromatic carbocycles. The highest BCUT2D eigenvalue weighted by Crippen LogP contribution is 2.14. The van der Waals surface area contributed by atoms with Crippen LogP contribution in [0.2, 0.25) is 0 Å². The fourth-order valence-corrected chi connectivity index (χ4v) is 3.46. The van der Waals surface area contributed by atoms with Crippen molar-refractivity contribution in [1.29, 1.82) is 0 Å². The molecule has 0 radical (unpaired) electrons. The Hall–Kier alpha value is -1.93. The van der Waals surface area contributed by atoms with Gasteiger partial charge in [0.1, 0.15) is 0 Å². The maximum absolute atomic E-state index is 12.3. The summed E-state index contributed by atoms with van der Waals surface area (Å²) in [6, 6.07) is 15.6. The van der Waals surface area contributed by atoms with E-state index in [0.29, 0.717) is 0 Å². The highest BCUT2D eigenvalue weighted by atomic mass is 35.5. The Kier molecular flexibility index (Phi) is 8.92. The van der Waals surface area contributed by atoms with Crippen molar-refractivity contribution in [3.63, 3.8) is 0 Å². The summed E-state index contributed by atoms with van der Waals surface area (Å²) < 4.78 is 27.0. The molecule has 3 N–H and O–H groups in total. The lowest BCUT2D eigenvalue weighted by atomic mass is 10.0. The lowest BCUT2D eigenvalue weighted by molar-refractivity contribution is -0.130. The van der Waals surface area contributed by atoms with Gasteiger partial charge in [-0.1, -0.05) is 48.0 Å². The molecule has 2 aromatic rings. The fraction of sp³-hybridized carbons (Fsp3) is 0.316. The Morgan fingerprint density at radius 1 is 1.11 bits per heavy atom. The van der Waals surface area contributed by atoms with Crippen LogP contribution in [0, 0.1) is 6.92 Å². The molecule has 0 spiro atoms. The van der Waals surface area contributed by atoms with Crippen molar-refractivity contribution in [2.24, 2.45) is 5.73 Å². The van der Waals surface area contributed by atoms with Gasteiger partial charge in [0, 0.05) is 32.6 Å². The molecule has 2 rings (SSSR count). The second-order valence-electron chi connectivity index (χ2n) is 6.25. The number of sulfonamides is 1. The summed E-state index contributed by atoms with van der Waals surface area (Å²) in [5.41, 5.74) is 7.95. The van der Waals surface area contributed by atoms with E-state index >= 15 is 0 Å². The number of halogens is 1. The maximum atomic E-state index is 12.3. The van der Waals surface area contributed by atoms with Gasteiger partial charge in [0.2, 0.25) is 15.9 Å². The number of nitrogens with two attached hydrogens (primary N) is 1. The zero-order valence-electron chi connectivity index (χ0n) is 15.5. The van der Waals surface area contributed by atoms with E-state index in [1.54, 1.807) is 31.3 Å². The van der Waals surface area contributed by atoms with E-state index in [2.05, 4.69) is 4.72 Å². The summed E-state index contributed by atoms with van der Waals surface area (Å²) >= 11 is 0. The van der Waals surface area contributed by atoms with Crippen LogP contribution in [0.25, 0.3) is 0 Å². The first-order chi connectivity index (χ1) is 12.3. The monoisotopic (exact) mass is 411 g/mol. The van der Waals surface area contributed by atoms with Gasteiger partial charge in [-0.15, -0.1) is 12.4 Å². The van der Waals surface area contributed by atoms with Crippen LogP contribution in [0.1, 0.15) is 23.6 Å². The Bertz CT molecular complexity index is 827. The second-order valence-corrected chi connectivity index (χ2v) is 8.01. The molecule has 0 aliphatic heterocycles. The molecular formula is C19H26ClN3O3S. The standard InChI is InChI=1S/C19H25N3O3S.ClH/c1-15-8-10-17(11-9-15)26(24,25)21-12-13-22(2)19(23)14-18(20)16-6-4-3-5-7-16;/h3-11,18,21H,12-14,20H2,1-2H3;1H. The number of hydrogen-bond donors (Lipinski definition) is 2. The minimum absolute atomic E-state index is 0. The third kappa shape index (κ3) is 6.95. The van der Waals surface area contributed by atoms with Crippen LogP contribution >= 0.6 is 12.4 Å². The van der Waals surface area contributed by atoms with E-state index in [1.807, 2.05) is 37.3 Å². The number of carbonyl (C=O) groups excluding carboxylic acids is 1. The van der Waals surface area contributed by atoms with Gasteiger partial charge in [-0.25, -0.2) is 13.1 Å². The lowest BCUT2D eigenvalue weighted by Gasteiger charge is -2.20. The average molecular weight is 412 g/mol. The summed E-state index contributed by atoms with van der Waals surface area (Å²) in [4.78, 5) is 14.0. The highest BCUT2D eigenvalue weighted by Gasteiger charge is 2.17. The van der Waals surface area contributed by atoms with Crippen LogP contribution in [-0.2, 0) is 14.8 Å². The molecule has 0 fully saturated rings. The zero-order chi connectivity index (χ0) is 19.2. The van der Waals surface area contributed by atoms with E-state index in [0.717, 1.165) is 11.1 Å². The number of benzene rings is 2. The highest BCUT2D eigenvalue weighted by molar-refractivity contribution is 7.89. The van der Waals surface area contributed by atoms with E-state index in [9.17, 15) is 13.2 Å². The maximum Gasteiger partial charge on any atom is 0.240 e. The first-order valence-corrected chi connectivity index (χ1v) is 9.89. The summed E-state index contributed by atoms with van der Waals surface area (Å²) in [7, 11) is -1.94. The Morgan fingerprint density at radius 3 is 2.30 bits per heavy atom. The largest absolute Gasteiger partial charge is 0.344 e. The topological polar surface area (TPSA) is 92.5 Å². The lowest BCUT2D eigenvalue weighted by Crippen LogP contribution is -2.37. The van der Waals surface area contributed by atoms with Crippen molar-refractivity contribution >= 4 is 28.3 Å². The molecule has 0 heterocycles. The average Bonchev–Trinajstić information content (AvgIpc) is 2.62. The van der Waals surface area contributed by atoms with Crippen molar-refractivity contribution < 1.29 is 13.2 Å². The van der Waals surface area contributed by atoms with Gasteiger partial charge in [-0.3, -0.25) is 4.79 Å². The molecule has 27 heavy (non-hydrogen) atoms. The molecule has 0 bridgehead atoms. The fourth-order valence-electron chi connectivity index (χ4n) is 2.44. The van der Waals surface area contributed by atoms with Crippen molar-refractivity contribution in [2.45, 2.75) is 24.3 Å². The van der Waals surface area contributed by atoms with Gasteiger partial charge < -0.3 is 10.6 Å². The smallest absolute Gasteiger partial charge is 0.240 e. The third-order valence-electron chi connectivity index (χ3n) is 4.12. The van der Waals surface area contributed by atoms with Crippen LogP contribution in [0.3, 0.4) is 0 Å². The van der Waals surface area contributed by atoms with Gasteiger partial charge in [0.05, 0.1) is 4.90 Å². The molecule has 6 nitrogen and oxygen atoms in total. The van der Waals surface area contributed by atoms with Crippen LogP contribution in [-0.4, -0.2) is 39.4 Å². The molecule has 1 unspecified atom stereocenters. The van der Waals surface area contributed by atoms with Gasteiger partial charge in [-0.2, -0.15) is 0 Å². The number of nitrogens with one attached hydrogen (secondary N) is 1. The van der Waals surface area contributed by atoms with Gasteiger partial charge in [-0.05, 0) is 24.6 Å². The number of aryl methyl sites for hydroxylation is 1. The molecule has 0 aliphatic carbocycles. The van der Waals surface area contributed by atoms with Crippen LogP contribution in [0.4, 0.5) is 0 Å². The molecule has 0 saturated heterocycles. The Morgan fingerprint density at radius 2 is 1.70 bits per heavy atom. The summed E-state index contributed by atoms with van der Waals surface area (Å²) in [6.07, 6.45) is 0.172. The minimum atomic E-state index is -3.58. The van der Waals surface area contributed by atoms with E-state index in [-0.39, 0.29) is 48.8 Å². The van der Waals surface area contributed by atoms with Gasteiger partial charge in [0.15, 0.2) is 0 Å². The number of carbonyl (C=O) groups is 1. The first-order valence-electron chi connectivity index (χ1n) is 8.40. The molecule has 0 saturated carbocycles. The quantitative estimate of drug-likeness (QED) is 0.696. The van der Waals surface area contributed by atoms with Crippen LogP contribution < -0.4 is 10.5 Å². The summed E-state index contributed by atoms with van der Waals surface area (Å²) in [5.74, 6) is -0.129. The van der Waals surface area contributed by atoms with Gasteiger partial charge >= 0.3 is 0 Å². The SMILES string of the molecule is Cc1ccc(S(=O)(=O)NCCN(C)C(=O)CC(N)c2ccccc2)cc1.Cl. The Labute approximate surface area is 167 Å². The number of nitrogens with zero attached hydrogens (tertiary/aromatic N) is 1. The Balaban J connectivity index is 0.00000364. The zero-order valence-corrected chi connectivity index (χ0v) is 17.1. The summed E-state index contributed by atoms with van der Waals surface area (Å²) in [6.45, 7) is 2.30. The predicted octanol–water partition coefficient (Wildman–Crippen LogP) is 2.24. The summed E-state index contributed by atoms with van der Waals surface area (Å²) in [5, 5.41) is 0. The number of rotatable bonds is 8. The first kappa shape index (κ1) is 23.1. The molecule has 0 aromatic heterocycles. The molecule has 148 valence electrons. The predicted molar refractivity (Wildman–Crippen MR) is 109 cm³/mol. The minimum Gasteiger partial charge on any atom is -0.344 e. The normalized spacial score (nSPS) is 12.1.